The van der Waals surface area contributed by atoms with Crippen molar-refractivity contribution in [1.82, 2.24) is 19.7 Å². The summed E-state index contributed by atoms with van der Waals surface area (Å²) in [6.45, 7) is 3.86. The number of carbonyl (C=O) groups is 1. The highest BCUT2D eigenvalue weighted by atomic mass is 35.5. The van der Waals surface area contributed by atoms with Crippen molar-refractivity contribution >= 4 is 17.5 Å². The molecular weight excluding hydrogens is 416 g/mol. The first-order valence-corrected chi connectivity index (χ1v) is 10.8. The molecule has 31 heavy (non-hydrogen) atoms. The van der Waals surface area contributed by atoms with E-state index in [1.165, 1.54) is 6.20 Å². The first-order valence-electron chi connectivity index (χ1n) is 10.4. The number of morpholine rings is 1. The van der Waals surface area contributed by atoms with Crippen LogP contribution in [0.15, 0.2) is 54.9 Å². The number of pyridine rings is 1. The fraction of sp³-hybridized carbons (Fsp3) is 0.348. The Bertz CT molecular complexity index is 1010. The Morgan fingerprint density at radius 1 is 1.23 bits per heavy atom. The van der Waals surface area contributed by atoms with Crippen LogP contribution in [-0.4, -0.2) is 58.0 Å². The van der Waals surface area contributed by atoms with Crippen molar-refractivity contribution in [2.45, 2.75) is 25.9 Å². The van der Waals surface area contributed by atoms with Crippen molar-refractivity contribution in [2.24, 2.45) is 0 Å². The average Bonchev–Trinajstić information content (AvgIpc) is 3.23. The van der Waals surface area contributed by atoms with Gasteiger partial charge in [0, 0.05) is 18.8 Å². The molecule has 0 N–H and O–H groups in total. The summed E-state index contributed by atoms with van der Waals surface area (Å²) in [5.41, 5.74) is 2.53. The Balaban J connectivity index is 1.46. The van der Waals surface area contributed by atoms with Crippen LogP contribution < -0.4 is 4.74 Å². The van der Waals surface area contributed by atoms with Crippen LogP contribution in [0.3, 0.4) is 0 Å². The van der Waals surface area contributed by atoms with E-state index in [1.807, 2.05) is 39.9 Å². The molecule has 1 aromatic carbocycles. The molecule has 0 saturated carbocycles. The van der Waals surface area contributed by atoms with Crippen LogP contribution in [0.5, 0.6) is 5.88 Å². The van der Waals surface area contributed by atoms with Crippen LogP contribution in [0.1, 0.15) is 29.4 Å². The molecule has 1 aliphatic heterocycles. The molecule has 1 amide bonds. The molecule has 1 unspecified atom stereocenters. The second kappa shape index (κ2) is 9.94. The van der Waals surface area contributed by atoms with Crippen LogP contribution in [0, 0.1) is 0 Å². The highest BCUT2D eigenvalue weighted by molar-refractivity contribution is 6.30. The summed E-state index contributed by atoms with van der Waals surface area (Å²) in [7, 11) is 0. The molecule has 0 spiro atoms. The molecule has 0 radical (unpaired) electrons. The lowest BCUT2D eigenvalue weighted by molar-refractivity contribution is -0.0407. The highest BCUT2D eigenvalue weighted by Gasteiger charge is 2.28. The van der Waals surface area contributed by atoms with Crippen LogP contribution in [0.25, 0.3) is 5.69 Å². The van der Waals surface area contributed by atoms with Gasteiger partial charge in [-0.1, -0.05) is 43.1 Å². The summed E-state index contributed by atoms with van der Waals surface area (Å²) in [5.74, 6) is 0.453. The smallest absolute Gasteiger partial charge is 0.257 e. The number of carbonyl (C=O) groups excluding carboxylic acids is 1. The third-order valence-corrected chi connectivity index (χ3v) is 5.35. The number of halogens is 1. The number of rotatable bonds is 7. The maximum atomic E-state index is 13.3. The molecule has 2 aromatic heterocycles. The lowest BCUT2D eigenvalue weighted by atomic mass is 10.1. The molecule has 0 bridgehead atoms. The molecule has 3 heterocycles. The van der Waals surface area contributed by atoms with Crippen molar-refractivity contribution in [3.63, 3.8) is 0 Å². The molecular formula is C23H25ClN4O3. The number of amides is 1. The number of benzene rings is 1. The maximum Gasteiger partial charge on any atom is 0.257 e. The van der Waals surface area contributed by atoms with Crippen LogP contribution >= 0.6 is 11.6 Å². The van der Waals surface area contributed by atoms with Gasteiger partial charge >= 0.3 is 0 Å². The Labute approximate surface area is 186 Å². The predicted molar refractivity (Wildman–Crippen MR) is 118 cm³/mol. The SMILES string of the molecule is CCCc1c(C(=O)N2CCOC(COc3ccc(Cl)cn3)C2)cnn1-c1ccccc1. The monoisotopic (exact) mass is 440 g/mol. The summed E-state index contributed by atoms with van der Waals surface area (Å²) in [6, 6.07) is 13.3. The minimum atomic E-state index is -0.228. The Kier molecular flexibility index (Phi) is 6.84. The van der Waals surface area contributed by atoms with E-state index in [4.69, 9.17) is 21.1 Å². The van der Waals surface area contributed by atoms with Gasteiger partial charge < -0.3 is 14.4 Å². The highest BCUT2D eigenvalue weighted by Crippen LogP contribution is 2.20. The van der Waals surface area contributed by atoms with Gasteiger partial charge in [-0.15, -0.1) is 0 Å². The van der Waals surface area contributed by atoms with E-state index in [-0.39, 0.29) is 12.0 Å². The van der Waals surface area contributed by atoms with Gasteiger partial charge in [0.15, 0.2) is 0 Å². The summed E-state index contributed by atoms with van der Waals surface area (Å²) in [5, 5.41) is 5.07. The van der Waals surface area contributed by atoms with E-state index in [2.05, 4.69) is 17.0 Å². The summed E-state index contributed by atoms with van der Waals surface area (Å²) >= 11 is 5.85. The number of nitrogens with zero attached hydrogens (tertiary/aromatic N) is 4. The second-order valence-electron chi connectivity index (χ2n) is 7.37. The Morgan fingerprint density at radius 2 is 2.06 bits per heavy atom. The van der Waals surface area contributed by atoms with E-state index >= 15 is 0 Å². The lowest BCUT2D eigenvalue weighted by Crippen LogP contribution is -2.47. The van der Waals surface area contributed by atoms with Crippen LogP contribution in [0.4, 0.5) is 0 Å². The molecule has 0 aliphatic carbocycles. The minimum absolute atomic E-state index is 0.0245. The van der Waals surface area contributed by atoms with Crippen molar-refractivity contribution in [3.8, 4) is 11.6 Å². The number of hydrogen-bond acceptors (Lipinski definition) is 5. The quantitative estimate of drug-likeness (QED) is 0.559. The average molecular weight is 441 g/mol. The Morgan fingerprint density at radius 3 is 2.81 bits per heavy atom. The zero-order chi connectivity index (χ0) is 21.6. The molecule has 7 nitrogen and oxygen atoms in total. The van der Waals surface area contributed by atoms with Gasteiger partial charge in [0.25, 0.3) is 5.91 Å². The van der Waals surface area contributed by atoms with Crippen molar-refractivity contribution in [2.75, 3.05) is 26.3 Å². The van der Waals surface area contributed by atoms with Gasteiger partial charge in [-0.2, -0.15) is 5.10 Å². The van der Waals surface area contributed by atoms with E-state index in [1.54, 1.807) is 18.3 Å². The maximum absolute atomic E-state index is 13.3. The van der Waals surface area contributed by atoms with E-state index in [9.17, 15) is 4.79 Å². The lowest BCUT2D eigenvalue weighted by Gasteiger charge is -2.32. The van der Waals surface area contributed by atoms with Gasteiger partial charge in [0.05, 0.1) is 41.3 Å². The largest absolute Gasteiger partial charge is 0.475 e. The van der Waals surface area contributed by atoms with Crippen molar-refractivity contribution in [3.05, 3.63) is 71.1 Å². The van der Waals surface area contributed by atoms with E-state index in [0.29, 0.717) is 42.8 Å². The van der Waals surface area contributed by atoms with Crippen LogP contribution in [0.2, 0.25) is 5.02 Å². The fourth-order valence-corrected chi connectivity index (χ4v) is 3.73. The van der Waals surface area contributed by atoms with Crippen molar-refractivity contribution in [1.29, 1.82) is 0 Å². The van der Waals surface area contributed by atoms with Crippen molar-refractivity contribution < 1.29 is 14.3 Å². The number of hydrogen-bond donors (Lipinski definition) is 0. The minimum Gasteiger partial charge on any atom is -0.475 e. The standard InChI is InChI=1S/C23H25ClN4O3/c1-2-6-21-20(14-26-28(21)18-7-4-3-5-8-18)23(29)27-11-12-30-19(15-27)16-31-22-10-9-17(24)13-25-22/h3-5,7-10,13-14,19H,2,6,11-12,15-16H2,1H3. The van der Waals surface area contributed by atoms with Crippen LogP contribution in [-0.2, 0) is 11.2 Å². The molecule has 1 fully saturated rings. The number of aromatic nitrogens is 3. The van der Waals surface area contributed by atoms with Gasteiger partial charge in [-0.3, -0.25) is 4.79 Å². The molecule has 4 rings (SSSR count). The van der Waals surface area contributed by atoms with E-state index in [0.717, 1.165) is 24.2 Å². The van der Waals surface area contributed by atoms with Gasteiger partial charge in [0.1, 0.15) is 12.7 Å². The summed E-state index contributed by atoms with van der Waals surface area (Å²) in [6.07, 6.45) is 4.68. The van der Waals surface area contributed by atoms with Gasteiger partial charge in [-0.25, -0.2) is 9.67 Å². The first-order chi connectivity index (χ1) is 15.2. The first kappa shape index (κ1) is 21.3. The molecule has 1 saturated heterocycles. The number of para-hydroxylation sites is 1. The topological polar surface area (TPSA) is 69.5 Å². The summed E-state index contributed by atoms with van der Waals surface area (Å²) < 4.78 is 13.4. The van der Waals surface area contributed by atoms with E-state index < -0.39 is 0 Å². The van der Waals surface area contributed by atoms with Gasteiger partial charge in [0.2, 0.25) is 5.88 Å². The molecule has 3 aromatic rings. The third kappa shape index (κ3) is 5.06. The predicted octanol–water partition coefficient (Wildman–Crippen LogP) is 3.79. The fourth-order valence-electron chi connectivity index (χ4n) is 3.62. The molecule has 1 aliphatic rings. The third-order valence-electron chi connectivity index (χ3n) is 5.13. The molecule has 1 atom stereocenters. The second-order valence-corrected chi connectivity index (χ2v) is 7.81. The van der Waals surface area contributed by atoms with Gasteiger partial charge in [-0.05, 0) is 24.6 Å². The molecule has 162 valence electrons. The zero-order valence-corrected chi connectivity index (χ0v) is 18.2. The number of ether oxygens (including phenoxy) is 2. The Hall–Kier alpha value is -2.90. The summed E-state index contributed by atoms with van der Waals surface area (Å²) in [4.78, 5) is 19.3. The normalized spacial score (nSPS) is 16.3. The molecule has 8 heteroatoms. The zero-order valence-electron chi connectivity index (χ0n) is 17.4.